The zero-order valence-electron chi connectivity index (χ0n) is 22.4. The smallest absolute Gasteiger partial charge is 0.341 e. The number of nitrogens with zero attached hydrogens (tertiary/aromatic N) is 2. The zero-order valence-corrected chi connectivity index (χ0v) is 22.4. The first-order valence-electron chi connectivity index (χ1n) is 13.0. The summed E-state index contributed by atoms with van der Waals surface area (Å²) in [5.41, 5.74) is 3.54. The van der Waals surface area contributed by atoms with Crippen molar-refractivity contribution in [1.82, 2.24) is 15.4 Å². The Kier molecular flexibility index (Phi) is 9.39. The zero-order chi connectivity index (χ0) is 27.6. The number of phenolic OH excluding ortho intramolecular Hbond substituents is 1. The van der Waals surface area contributed by atoms with Gasteiger partial charge in [0.05, 0.1) is 32.2 Å². The molecule has 0 spiro atoms. The highest BCUT2D eigenvalue weighted by Gasteiger charge is 2.17. The van der Waals surface area contributed by atoms with Gasteiger partial charge in [-0.25, -0.2) is 4.79 Å². The van der Waals surface area contributed by atoms with Gasteiger partial charge in [-0.1, -0.05) is 43.7 Å². The number of hydrogen-bond donors (Lipinski definition) is 2. The Morgan fingerprint density at radius 1 is 0.949 bits per heavy atom. The number of aryl methyl sites for hydroxylation is 1. The van der Waals surface area contributed by atoms with Gasteiger partial charge in [-0.15, -0.1) is 5.10 Å². The molecular formula is C30H33N3O6. The summed E-state index contributed by atoms with van der Waals surface area (Å²) in [7, 11) is 1.35. The number of methoxy groups -OCH3 is 1. The number of rotatable bonds is 13. The Balaban J connectivity index is 1.40. The number of carbonyl (C=O) groups excluding carboxylic acids is 1. The summed E-state index contributed by atoms with van der Waals surface area (Å²) in [6.45, 7) is 4.98. The van der Waals surface area contributed by atoms with Gasteiger partial charge in [-0.2, -0.15) is 0 Å². The average molecular weight is 532 g/mol. The van der Waals surface area contributed by atoms with Crippen molar-refractivity contribution in [1.29, 1.82) is 0 Å². The Bertz CT molecular complexity index is 1390. The van der Waals surface area contributed by atoms with Crippen LogP contribution in [-0.4, -0.2) is 46.8 Å². The summed E-state index contributed by atoms with van der Waals surface area (Å²) < 4.78 is 23.2. The molecule has 4 rings (SSSR count). The molecule has 0 saturated carbocycles. The maximum Gasteiger partial charge on any atom is 0.341 e. The maximum atomic E-state index is 12.2. The van der Waals surface area contributed by atoms with Crippen molar-refractivity contribution in [3.05, 3.63) is 77.5 Å². The van der Waals surface area contributed by atoms with Crippen LogP contribution in [0.15, 0.2) is 60.8 Å². The number of phenols is 1. The van der Waals surface area contributed by atoms with Crippen molar-refractivity contribution in [3.8, 4) is 40.0 Å². The Morgan fingerprint density at radius 3 is 2.41 bits per heavy atom. The second-order valence-corrected chi connectivity index (χ2v) is 8.82. The third-order valence-corrected chi connectivity index (χ3v) is 6.17. The minimum atomic E-state index is -0.456. The first-order valence-corrected chi connectivity index (χ1v) is 13.0. The quantitative estimate of drug-likeness (QED) is 0.157. The lowest BCUT2D eigenvalue weighted by molar-refractivity contribution is 0.0598. The van der Waals surface area contributed by atoms with Crippen molar-refractivity contribution in [3.63, 3.8) is 0 Å². The molecule has 39 heavy (non-hydrogen) atoms. The summed E-state index contributed by atoms with van der Waals surface area (Å²) in [5, 5.41) is 20.8. The number of benzene rings is 3. The number of aromatic nitrogens is 3. The molecule has 9 heteroatoms. The molecule has 0 fully saturated rings. The number of aromatic hydroxyl groups is 1. The van der Waals surface area contributed by atoms with E-state index in [1.54, 1.807) is 30.5 Å². The molecule has 0 aliphatic rings. The van der Waals surface area contributed by atoms with E-state index in [2.05, 4.69) is 22.3 Å². The van der Waals surface area contributed by atoms with Crippen LogP contribution in [0.1, 0.15) is 48.2 Å². The average Bonchev–Trinajstić information content (AvgIpc) is 3.49. The first kappa shape index (κ1) is 27.5. The van der Waals surface area contributed by atoms with E-state index >= 15 is 0 Å². The highest BCUT2D eigenvalue weighted by molar-refractivity contribution is 5.92. The number of nitrogens with one attached hydrogen (secondary N) is 1. The van der Waals surface area contributed by atoms with Gasteiger partial charge in [-0.05, 0) is 48.7 Å². The number of aromatic amines is 1. The second-order valence-electron chi connectivity index (χ2n) is 8.82. The Morgan fingerprint density at radius 2 is 1.69 bits per heavy atom. The molecule has 1 aromatic heterocycles. The first-order chi connectivity index (χ1) is 19.0. The molecule has 0 aliphatic carbocycles. The summed E-state index contributed by atoms with van der Waals surface area (Å²) in [6.07, 6.45) is 4.59. The standard InChI is InChI=1S/C30H33N3O6/c1-4-10-21-26(13-8-14-27(21)39-28-12-7-6-11-22(28)30(35)36-3)37-15-9-16-38-29-18-25(34)23(17-20(29)5-2)24-19-31-33-32-24/h6-8,11-14,17-19,34H,4-5,9-10,15-16H2,1-3H3,(H,31,32,33). The van der Waals surface area contributed by atoms with Gasteiger partial charge in [0.2, 0.25) is 0 Å². The summed E-state index contributed by atoms with van der Waals surface area (Å²) in [5.74, 6) is 2.07. The van der Waals surface area contributed by atoms with Gasteiger partial charge in [0.25, 0.3) is 0 Å². The summed E-state index contributed by atoms with van der Waals surface area (Å²) >= 11 is 0. The molecule has 0 radical (unpaired) electrons. The molecule has 2 N–H and O–H groups in total. The SMILES string of the molecule is CCCc1c(OCCCOc2cc(O)c(-c3cnn[nH]3)cc2CC)cccc1Oc1ccccc1C(=O)OC. The Hall–Kier alpha value is -4.53. The van der Waals surface area contributed by atoms with E-state index < -0.39 is 5.97 Å². The third-order valence-electron chi connectivity index (χ3n) is 6.17. The van der Waals surface area contributed by atoms with Crippen molar-refractivity contribution in [2.24, 2.45) is 0 Å². The number of carbonyl (C=O) groups is 1. The largest absolute Gasteiger partial charge is 0.507 e. The van der Waals surface area contributed by atoms with Crippen LogP contribution in [-0.2, 0) is 17.6 Å². The molecule has 3 aromatic carbocycles. The molecular weight excluding hydrogens is 498 g/mol. The molecule has 0 unspecified atom stereocenters. The predicted octanol–water partition coefficient (Wildman–Crippen LogP) is 6.12. The van der Waals surface area contributed by atoms with Gasteiger partial charge < -0.3 is 24.1 Å². The lowest BCUT2D eigenvalue weighted by atomic mass is 10.0. The van der Waals surface area contributed by atoms with E-state index in [1.165, 1.54) is 7.11 Å². The number of esters is 1. The van der Waals surface area contributed by atoms with Gasteiger partial charge in [0, 0.05) is 23.6 Å². The number of H-pyrrole nitrogens is 1. The summed E-state index contributed by atoms with van der Waals surface area (Å²) in [4.78, 5) is 12.2. The van der Waals surface area contributed by atoms with Crippen LogP contribution < -0.4 is 14.2 Å². The van der Waals surface area contributed by atoms with Crippen LogP contribution in [0.25, 0.3) is 11.3 Å². The lowest BCUT2D eigenvalue weighted by Gasteiger charge is -2.17. The van der Waals surface area contributed by atoms with E-state index in [0.717, 1.165) is 36.1 Å². The minimum Gasteiger partial charge on any atom is -0.507 e. The van der Waals surface area contributed by atoms with E-state index in [9.17, 15) is 9.90 Å². The number of hydrogen-bond acceptors (Lipinski definition) is 8. The van der Waals surface area contributed by atoms with Gasteiger partial charge >= 0.3 is 5.97 Å². The molecule has 204 valence electrons. The lowest BCUT2D eigenvalue weighted by Crippen LogP contribution is -2.08. The van der Waals surface area contributed by atoms with Gasteiger partial charge in [0.1, 0.15) is 34.3 Å². The third kappa shape index (κ3) is 6.67. The highest BCUT2D eigenvalue weighted by atomic mass is 16.5. The van der Waals surface area contributed by atoms with Crippen LogP contribution in [0.3, 0.4) is 0 Å². The van der Waals surface area contributed by atoms with Crippen LogP contribution in [0, 0.1) is 0 Å². The fraction of sp³-hybridized carbons (Fsp3) is 0.300. The fourth-order valence-electron chi connectivity index (χ4n) is 4.22. The van der Waals surface area contributed by atoms with Crippen LogP contribution >= 0.6 is 0 Å². The number of ether oxygens (including phenoxy) is 4. The van der Waals surface area contributed by atoms with Crippen LogP contribution in [0.2, 0.25) is 0 Å². The van der Waals surface area contributed by atoms with E-state index in [4.69, 9.17) is 18.9 Å². The monoisotopic (exact) mass is 531 g/mol. The Labute approximate surface area is 227 Å². The normalized spacial score (nSPS) is 10.7. The predicted molar refractivity (Wildman–Crippen MR) is 147 cm³/mol. The van der Waals surface area contributed by atoms with Crippen LogP contribution in [0.5, 0.6) is 28.7 Å². The topological polar surface area (TPSA) is 116 Å². The highest BCUT2D eigenvalue weighted by Crippen LogP contribution is 2.36. The molecule has 9 nitrogen and oxygen atoms in total. The second kappa shape index (κ2) is 13.3. The maximum absolute atomic E-state index is 12.2. The van der Waals surface area contributed by atoms with E-state index in [-0.39, 0.29) is 5.75 Å². The number of para-hydroxylation sites is 1. The minimum absolute atomic E-state index is 0.0966. The molecule has 4 aromatic rings. The molecule has 0 bridgehead atoms. The van der Waals surface area contributed by atoms with Crippen molar-refractivity contribution < 1.29 is 28.8 Å². The molecule has 1 heterocycles. The van der Waals surface area contributed by atoms with Crippen molar-refractivity contribution in [2.75, 3.05) is 20.3 Å². The van der Waals surface area contributed by atoms with Gasteiger partial charge in [-0.3, -0.25) is 5.10 Å². The molecule has 0 aliphatic heterocycles. The fourth-order valence-corrected chi connectivity index (χ4v) is 4.22. The molecule has 0 saturated heterocycles. The van der Waals surface area contributed by atoms with Crippen molar-refractivity contribution in [2.45, 2.75) is 39.5 Å². The van der Waals surface area contributed by atoms with Crippen molar-refractivity contribution >= 4 is 5.97 Å². The van der Waals surface area contributed by atoms with Crippen LogP contribution in [0.4, 0.5) is 0 Å². The van der Waals surface area contributed by atoms with E-state index in [0.29, 0.717) is 53.7 Å². The van der Waals surface area contributed by atoms with E-state index in [1.807, 2.05) is 37.3 Å². The van der Waals surface area contributed by atoms with Gasteiger partial charge in [0.15, 0.2) is 0 Å². The summed E-state index contributed by atoms with van der Waals surface area (Å²) in [6, 6.07) is 16.2. The molecule has 0 amide bonds. The molecule has 0 atom stereocenters.